The highest BCUT2D eigenvalue weighted by atomic mass is 35.5. The van der Waals surface area contributed by atoms with E-state index in [1.807, 2.05) is 30.3 Å². The number of hydrogen-bond donors (Lipinski definition) is 2. The maximum absolute atomic E-state index is 12.7. The van der Waals surface area contributed by atoms with Crippen molar-refractivity contribution in [3.05, 3.63) is 77.1 Å². The van der Waals surface area contributed by atoms with Crippen LogP contribution in [0.25, 0.3) is 0 Å². The molecule has 0 radical (unpaired) electrons. The summed E-state index contributed by atoms with van der Waals surface area (Å²) in [4.78, 5) is 12.8. The number of aromatic nitrogens is 2. The van der Waals surface area contributed by atoms with Crippen molar-refractivity contribution in [1.29, 1.82) is 0 Å². The van der Waals surface area contributed by atoms with E-state index >= 15 is 0 Å². The van der Waals surface area contributed by atoms with Crippen LogP contribution in [0.3, 0.4) is 0 Å². The van der Waals surface area contributed by atoms with Gasteiger partial charge < -0.3 is 10.1 Å². The molecule has 1 amide bonds. The third-order valence-corrected chi connectivity index (χ3v) is 6.36. The molecule has 0 aliphatic rings. The summed E-state index contributed by atoms with van der Waals surface area (Å²) in [5, 5.41) is 7.23. The van der Waals surface area contributed by atoms with Crippen LogP contribution in [-0.2, 0) is 28.3 Å². The van der Waals surface area contributed by atoms with Gasteiger partial charge in [-0.2, -0.15) is 5.10 Å². The third kappa shape index (κ3) is 6.06. The quantitative estimate of drug-likeness (QED) is 0.508. The van der Waals surface area contributed by atoms with E-state index in [2.05, 4.69) is 15.1 Å². The molecule has 31 heavy (non-hydrogen) atoms. The minimum atomic E-state index is -3.78. The number of aryl methyl sites for hydroxylation is 1. The number of halogens is 1. The fraction of sp³-hybridized carbons (Fsp3) is 0.238. The maximum Gasteiger partial charge on any atom is 0.243 e. The van der Waals surface area contributed by atoms with E-state index in [1.54, 1.807) is 25.2 Å². The lowest BCUT2D eigenvalue weighted by molar-refractivity contribution is -0.121. The van der Waals surface area contributed by atoms with Crippen molar-refractivity contribution < 1.29 is 17.9 Å². The number of carbonyl (C=O) groups is 1. The number of carbonyl (C=O) groups excluding carboxylic acids is 1. The Morgan fingerprint density at radius 2 is 1.97 bits per heavy atom. The van der Waals surface area contributed by atoms with Crippen molar-refractivity contribution in [3.63, 3.8) is 0 Å². The van der Waals surface area contributed by atoms with Crippen molar-refractivity contribution in [1.82, 2.24) is 19.8 Å². The van der Waals surface area contributed by atoms with Gasteiger partial charge in [-0.1, -0.05) is 41.9 Å². The molecule has 0 bridgehead atoms. The van der Waals surface area contributed by atoms with Crippen LogP contribution in [0.15, 0.2) is 65.8 Å². The van der Waals surface area contributed by atoms with E-state index in [0.29, 0.717) is 16.3 Å². The number of nitrogens with one attached hydrogen (secondary N) is 2. The minimum absolute atomic E-state index is 0.0225. The Morgan fingerprint density at radius 1 is 1.23 bits per heavy atom. The second kappa shape index (κ2) is 9.95. The first-order valence-corrected chi connectivity index (χ1v) is 11.3. The van der Waals surface area contributed by atoms with Crippen LogP contribution in [0.4, 0.5) is 0 Å². The lowest BCUT2D eigenvalue weighted by atomic mass is 10.1. The molecule has 0 saturated carbocycles. The normalized spacial score (nSPS) is 12.4. The SMILES string of the molecule is COc1ccc(Cl)c(CC(=O)NC(CNS(=O)(=O)c2cnn(C)c2)c2ccccc2)c1. The van der Waals surface area contributed by atoms with E-state index in [9.17, 15) is 13.2 Å². The molecule has 1 unspecified atom stereocenters. The zero-order valence-electron chi connectivity index (χ0n) is 17.1. The number of nitrogens with zero attached hydrogens (tertiary/aromatic N) is 2. The van der Waals surface area contributed by atoms with Crippen molar-refractivity contribution in [2.24, 2.45) is 7.05 Å². The molecular weight excluding hydrogens is 440 g/mol. The Hall–Kier alpha value is -2.88. The lowest BCUT2D eigenvalue weighted by Gasteiger charge is -2.20. The Labute approximate surface area is 186 Å². The van der Waals surface area contributed by atoms with E-state index in [1.165, 1.54) is 24.2 Å². The smallest absolute Gasteiger partial charge is 0.243 e. The zero-order valence-corrected chi connectivity index (χ0v) is 18.7. The largest absolute Gasteiger partial charge is 0.497 e. The minimum Gasteiger partial charge on any atom is -0.497 e. The predicted molar refractivity (Wildman–Crippen MR) is 117 cm³/mol. The van der Waals surface area contributed by atoms with Gasteiger partial charge in [0.05, 0.1) is 25.8 Å². The van der Waals surface area contributed by atoms with Crippen LogP contribution < -0.4 is 14.8 Å². The molecule has 3 aromatic rings. The maximum atomic E-state index is 12.7. The van der Waals surface area contributed by atoms with Crippen LogP contribution in [0.1, 0.15) is 17.2 Å². The van der Waals surface area contributed by atoms with E-state index in [-0.39, 0.29) is 23.8 Å². The van der Waals surface area contributed by atoms with E-state index in [4.69, 9.17) is 16.3 Å². The molecule has 3 rings (SSSR count). The van der Waals surface area contributed by atoms with Crippen LogP contribution in [0.2, 0.25) is 5.02 Å². The topological polar surface area (TPSA) is 102 Å². The second-order valence-electron chi connectivity index (χ2n) is 6.87. The molecule has 1 atom stereocenters. The number of amides is 1. The highest BCUT2D eigenvalue weighted by Gasteiger charge is 2.21. The number of hydrogen-bond acceptors (Lipinski definition) is 5. The summed E-state index contributed by atoms with van der Waals surface area (Å²) < 4.78 is 34.3. The molecule has 1 aromatic heterocycles. The monoisotopic (exact) mass is 462 g/mol. The number of methoxy groups -OCH3 is 1. The number of benzene rings is 2. The Morgan fingerprint density at radius 3 is 2.61 bits per heavy atom. The molecule has 0 spiro atoms. The molecular formula is C21H23ClN4O4S. The second-order valence-corrected chi connectivity index (χ2v) is 9.04. The predicted octanol–water partition coefficient (Wildman–Crippen LogP) is 2.46. The van der Waals surface area contributed by atoms with Crippen LogP contribution in [-0.4, -0.2) is 37.8 Å². The fourth-order valence-corrected chi connectivity index (χ4v) is 4.20. The average Bonchev–Trinajstić information content (AvgIpc) is 3.20. The highest BCUT2D eigenvalue weighted by molar-refractivity contribution is 7.89. The van der Waals surface area contributed by atoms with Gasteiger partial charge in [0.2, 0.25) is 15.9 Å². The lowest BCUT2D eigenvalue weighted by Crippen LogP contribution is -2.38. The number of rotatable bonds is 9. The van der Waals surface area contributed by atoms with Crippen molar-refractivity contribution in [3.8, 4) is 5.75 Å². The number of ether oxygens (including phenoxy) is 1. The number of sulfonamides is 1. The summed E-state index contributed by atoms with van der Waals surface area (Å²) in [6, 6.07) is 13.6. The molecule has 0 saturated heterocycles. The van der Waals surface area contributed by atoms with Gasteiger partial charge >= 0.3 is 0 Å². The summed E-state index contributed by atoms with van der Waals surface area (Å²) in [5.74, 6) is 0.292. The highest BCUT2D eigenvalue weighted by Crippen LogP contribution is 2.23. The van der Waals surface area contributed by atoms with Crippen LogP contribution >= 0.6 is 11.6 Å². The van der Waals surface area contributed by atoms with Gasteiger partial charge in [-0.15, -0.1) is 0 Å². The first-order chi connectivity index (χ1) is 14.8. The average molecular weight is 463 g/mol. The van der Waals surface area contributed by atoms with Gasteiger partial charge in [0, 0.05) is 24.8 Å². The first kappa shape index (κ1) is 22.8. The molecule has 0 aliphatic carbocycles. The molecule has 8 nitrogen and oxygen atoms in total. The summed E-state index contributed by atoms with van der Waals surface area (Å²) in [6.45, 7) is -0.0289. The van der Waals surface area contributed by atoms with Gasteiger partial charge in [-0.3, -0.25) is 9.48 Å². The van der Waals surface area contributed by atoms with Gasteiger partial charge in [-0.25, -0.2) is 13.1 Å². The molecule has 0 aliphatic heterocycles. The van der Waals surface area contributed by atoms with Crippen molar-refractivity contribution >= 4 is 27.5 Å². The standard InChI is InChI=1S/C21H23ClN4O4S/c1-26-14-18(12-23-26)31(28,29)24-13-20(15-6-4-3-5-7-15)25-21(27)11-16-10-17(30-2)8-9-19(16)22/h3-10,12,14,20,24H,11,13H2,1-2H3,(H,25,27). The molecule has 2 aromatic carbocycles. The zero-order chi connectivity index (χ0) is 22.4. The van der Waals surface area contributed by atoms with Gasteiger partial charge in [0.15, 0.2) is 0 Å². The third-order valence-electron chi connectivity index (χ3n) is 4.61. The molecule has 164 valence electrons. The Balaban J connectivity index is 1.74. The Kier molecular flexibility index (Phi) is 7.32. The fourth-order valence-electron chi connectivity index (χ4n) is 2.98. The summed E-state index contributed by atoms with van der Waals surface area (Å²) >= 11 is 6.21. The summed E-state index contributed by atoms with van der Waals surface area (Å²) in [6.07, 6.45) is 2.70. The van der Waals surface area contributed by atoms with Crippen molar-refractivity contribution in [2.45, 2.75) is 17.4 Å². The van der Waals surface area contributed by atoms with Crippen LogP contribution in [0, 0.1) is 0 Å². The first-order valence-electron chi connectivity index (χ1n) is 9.43. The molecule has 2 N–H and O–H groups in total. The summed E-state index contributed by atoms with van der Waals surface area (Å²) in [7, 11) is -0.606. The molecule has 1 heterocycles. The van der Waals surface area contributed by atoms with E-state index in [0.717, 1.165) is 5.56 Å². The van der Waals surface area contributed by atoms with E-state index < -0.39 is 16.1 Å². The summed E-state index contributed by atoms with van der Waals surface area (Å²) in [5.41, 5.74) is 1.38. The van der Waals surface area contributed by atoms with Gasteiger partial charge in [0.1, 0.15) is 10.6 Å². The Bertz CT molecular complexity index is 1150. The molecule has 10 heteroatoms. The molecule has 0 fully saturated rings. The van der Waals surface area contributed by atoms with Crippen LogP contribution in [0.5, 0.6) is 5.75 Å². The van der Waals surface area contributed by atoms with Gasteiger partial charge in [0.25, 0.3) is 0 Å². The van der Waals surface area contributed by atoms with Gasteiger partial charge in [-0.05, 0) is 29.3 Å². The van der Waals surface area contributed by atoms with Crippen molar-refractivity contribution in [2.75, 3.05) is 13.7 Å².